The molecule has 0 radical (unpaired) electrons. The standard InChI is InChI=1S/C23H22ClNO5S2/c1-3-17(22(27)28)25-21(26)20(32-23(25)31)12-14-9-10-18(19(11-14)29-4-2)30-13-15-7-5-6-8-16(15)24/h5-12,17H,3-4,13H2,1-2H3,(H,27,28)/b20-12-. The van der Waals surface area contributed by atoms with Gasteiger partial charge in [-0.15, -0.1) is 0 Å². The zero-order valence-electron chi connectivity index (χ0n) is 17.5. The van der Waals surface area contributed by atoms with Gasteiger partial charge in [0.1, 0.15) is 17.0 Å². The summed E-state index contributed by atoms with van der Waals surface area (Å²) < 4.78 is 11.9. The molecule has 1 aliphatic heterocycles. The molecular weight excluding hydrogens is 470 g/mol. The molecule has 3 rings (SSSR count). The molecule has 168 valence electrons. The number of amides is 1. The summed E-state index contributed by atoms with van der Waals surface area (Å²) >= 11 is 12.5. The van der Waals surface area contributed by atoms with Gasteiger partial charge in [-0.25, -0.2) is 4.79 Å². The highest BCUT2D eigenvalue weighted by Gasteiger charge is 2.39. The summed E-state index contributed by atoms with van der Waals surface area (Å²) in [7, 11) is 0. The van der Waals surface area contributed by atoms with Crippen molar-refractivity contribution in [2.45, 2.75) is 32.9 Å². The fraction of sp³-hybridized carbons (Fsp3) is 0.261. The molecular formula is C23H22ClNO5S2. The van der Waals surface area contributed by atoms with Crippen molar-refractivity contribution in [2.75, 3.05) is 6.61 Å². The van der Waals surface area contributed by atoms with Crippen molar-refractivity contribution in [3.05, 3.63) is 63.5 Å². The van der Waals surface area contributed by atoms with Crippen molar-refractivity contribution >= 4 is 57.9 Å². The topological polar surface area (TPSA) is 76.1 Å². The lowest BCUT2D eigenvalue weighted by molar-refractivity contribution is -0.145. The van der Waals surface area contributed by atoms with Gasteiger partial charge in [0.2, 0.25) is 0 Å². The monoisotopic (exact) mass is 491 g/mol. The summed E-state index contributed by atoms with van der Waals surface area (Å²) in [5.41, 5.74) is 1.57. The van der Waals surface area contributed by atoms with Crippen LogP contribution in [-0.4, -0.2) is 38.9 Å². The van der Waals surface area contributed by atoms with Gasteiger partial charge < -0.3 is 14.6 Å². The summed E-state index contributed by atoms with van der Waals surface area (Å²) in [6.07, 6.45) is 1.94. The van der Waals surface area contributed by atoms with E-state index in [1.165, 1.54) is 4.90 Å². The maximum atomic E-state index is 12.8. The third-order valence-corrected chi connectivity index (χ3v) is 6.41. The molecule has 1 heterocycles. The number of rotatable bonds is 9. The van der Waals surface area contributed by atoms with Crippen LogP contribution in [0, 0.1) is 0 Å². The molecule has 0 spiro atoms. The summed E-state index contributed by atoms with van der Waals surface area (Å²) in [4.78, 5) is 25.8. The molecule has 1 N–H and O–H groups in total. The Morgan fingerprint density at radius 2 is 1.97 bits per heavy atom. The molecule has 1 atom stereocenters. The maximum Gasteiger partial charge on any atom is 0.326 e. The number of nitrogens with zero attached hydrogens (tertiary/aromatic N) is 1. The normalized spacial score (nSPS) is 15.8. The maximum absolute atomic E-state index is 12.8. The molecule has 6 nitrogen and oxygen atoms in total. The van der Waals surface area contributed by atoms with Gasteiger partial charge >= 0.3 is 5.97 Å². The Bertz CT molecular complexity index is 1070. The largest absolute Gasteiger partial charge is 0.490 e. The molecule has 0 bridgehead atoms. The SMILES string of the molecule is CCOc1cc(/C=C2\SC(=S)N(C(CC)C(=O)O)C2=O)ccc1OCc1ccccc1Cl. The average Bonchev–Trinajstić information content (AvgIpc) is 3.02. The lowest BCUT2D eigenvalue weighted by atomic mass is 10.1. The first-order chi connectivity index (χ1) is 15.3. The number of carboxylic acid groups (broad SMARTS) is 1. The van der Waals surface area contributed by atoms with Gasteiger partial charge in [-0.2, -0.15) is 0 Å². The average molecular weight is 492 g/mol. The first-order valence-electron chi connectivity index (χ1n) is 9.98. The van der Waals surface area contributed by atoms with Gasteiger partial charge in [-0.1, -0.05) is 66.8 Å². The number of thioether (sulfide) groups is 1. The van der Waals surface area contributed by atoms with Crippen molar-refractivity contribution in [2.24, 2.45) is 0 Å². The predicted octanol–water partition coefficient (Wildman–Crippen LogP) is 5.38. The molecule has 1 fully saturated rings. The molecule has 32 heavy (non-hydrogen) atoms. The summed E-state index contributed by atoms with van der Waals surface area (Å²) in [6.45, 7) is 4.29. The lowest BCUT2D eigenvalue weighted by Crippen LogP contribution is -2.43. The van der Waals surface area contributed by atoms with Crippen LogP contribution < -0.4 is 9.47 Å². The van der Waals surface area contributed by atoms with Gasteiger partial charge in [0, 0.05) is 10.6 Å². The molecule has 0 aliphatic carbocycles. The van der Waals surface area contributed by atoms with Crippen molar-refractivity contribution in [3.63, 3.8) is 0 Å². The van der Waals surface area contributed by atoms with Gasteiger partial charge in [-0.05, 0) is 43.2 Å². The number of carboxylic acids is 1. The second-order valence-corrected chi connectivity index (χ2v) is 8.92. The molecule has 1 unspecified atom stereocenters. The summed E-state index contributed by atoms with van der Waals surface area (Å²) in [6, 6.07) is 11.8. The van der Waals surface area contributed by atoms with E-state index < -0.39 is 17.9 Å². The smallest absolute Gasteiger partial charge is 0.326 e. The number of aliphatic carboxylic acids is 1. The Morgan fingerprint density at radius 1 is 1.22 bits per heavy atom. The van der Waals surface area contributed by atoms with Gasteiger partial charge in [0.05, 0.1) is 11.5 Å². The van der Waals surface area contributed by atoms with Crippen LogP contribution in [0.15, 0.2) is 47.4 Å². The first kappa shape index (κ1) is 24.1. The minimum absolute atomic E-state index is 0.236. The molecule has 2 aromatic carbocycles. The van der Waals surface area contributed by atoms with Crippen LogP contribution >= 0.6 is 35.6 Å². The van der Waals surface area contributed by atoms with Crippen LogP contribution in [-0.2, 0) is 16.2 Å². The number of hydrogen-bond acceptors (Lipinski definition) is 6. The van der Waals surface area contributed by atoms with Crippen LogP contribution in [0.4, 0.5) is 0 Å². The van der Waals surface area contributed by atoms with Crippen molar-refractivity contribution in [1.29, 1.82) is 0 Å². The molecule has 1 aliphatic rings. The number of halogens is 1. The number of thiocarbonyl (C=S) groups is 1. The molecule has 9 heteroatoms. The van der Waals surface area contributed by atoms with E-state index >= 15 is 0 Å². The molecule has 1 amide bonds. The number of carbonyl (C=O) groups excluding carboxylic acids is 1. The van der Waals surface area contributed by atoms with Gasteiger partial charge in [0.25, 0.3) is 5.91 Å². The highest BCUT2D eigenvalue weighted by molar-refractivity contribution is 8.26. The Balaban J connectivity index is 1.83. The van der Waals surface area contributed by atoms with Gasteiger partial charge in [-0.3, -0.25) is 9.69 Å². The molecule has 0 aromatic heterocycles. The summed E-state index contributed by atoms with van der Waals surface area (Å²) in [5.74, 6) is -0.413. The first-order valence-corrected chi connectivity index (χ1v) is 11.6. The fourth-order valence-electron chi connectivity index (χ4n) is 3.14. The number of carbonyl (C=O) groups is 2. The Morgan fingerprint density at radius 3 is 2.62 bits per heavy atom. The third kappa shape index (κ3) is 5.43. The van der Waals surface area contributed by atoms with Crippen LogP contribution in [0.25, 0.3) is 6.08 Å². The second-order valence-electron chi connectivity index (χ2n) is 6.83. The Kier molecular flexibility index (Phi) is 8.17. The molecule has 0 saturated carbocycles. The zero-order chi connectivity index (χ0) is 23.3. The summed E-state index contributed by atoms with van der Waals surface area (Å²) in [5, 5.41) is 10.0. The van der Waals surface area contributed by atoms with E-state index in [9.17, 15) is 14.7 Å². The van der Waals surface area contributed by atoms with E-state index in [1.807, 2.05) is 25.1 Å². The van der Waals surface area contributed by atoms with Crippen LogP contribution in [0.2, 0.25) is 5.02 Å². The third-order valence-electron chi connectivity index (χ3n) is 4.71. The van der Waals surface area contributed by atoms with E-state index in [2.05, 4.69) is 0 Å². The van der Waals surface area contributed by atoms with E-state index in [0.29, 0.717) is 33.6 Å². The minimum Gasteiger partial charge on any atom is -0.490 e. The van der Waals surface area contributed by atoms with E-state index in [-0.39, 0.29) is 17.3 Å². The fourth-order valence-corrected chi connectivity index (χ4v) is 4.69. The van der Waals surface area contributed by atoms with Crippen LogP contribution in [0.5, 0.6) is 11.5 Å². The lowest BCUT2D eigenvalue weighted by Gasteiger charge is -2.21. The number of benzene rings is 2. The van der Waals surface area contributed by atoms with Crippen molar-refractivity contribution in [3.8, 4) is 11.5 Å². The second kappa shape index (κ2) is 10.8. The van der Waals surface area contributed by atoms with Gasteiger partial charge in [0.15, 0.2) is 11.5 Å². The number of ether oxygens (including phenoxy) is 2. The van der Waals surface area contributed by atoms with Crippen LogP contribution in [0.1, 0.15) is 31.4 Å². The number of hydrogen-bond donors (Lipinski definition) is 1. The predicted molar refractivity (Wildman–Crippen MR) is 130 cm³/mol. The van der Waals surface area contributed by atoms with Crippen LogP contribution in [0.3, 0.4) is 0 Å². The van der Waals surface area contributed by atoms with E-state index in [0.717, 1.165) is 17.3 Å². The molecule has 2 aromatic rings. The Hall–Kier alpha value is -2.55. The zero-order valence-corrected chi connectivity index (χ0v) is 19.9. The molecule has 1 saturated heterocycles. The quantitative estimate of drug-likeness (QED) is 0.372. The van der Waals surface area contributed by atoms with Crippen molar-refractivity contribution in [1.82, 2.24) is 4.90 Å². The van der Waals surface area contributed by atoms with Crippen molar-refractivity contribution < 1.29 is 24.2 Å². The minimum atomic E-state index is -1.08. The Labute approximate surface area is 201 Å². The van der Waals surface area contributed by atoms with E-state index in [1.54, 1.807) is 37.3 Å². The highest BCUT2D eigenvalue weighted by atomic mass is 35.5. The van der Waals surface area contributed by atoms with E-state index in [4.69, 9.17) is 33.3 Å². The highest BCUT2D eigenvalue weighted by Crippen LogP contribution is 2.36.